The van der Waals surface area contributed by atoms with Crippen LogP contribution >= 0.6 is 0 Å². The Balaban J connectivity index is 4.56. The fourth-order valence-corrected chi connectivity index (χ4v) is 3.34. The normalized spacial score (nSPS) is 15.5. The predicted molar refractivity (Wildman–Crippen MR) is 58.8 cm³/mol. The lowest BCUT2D eigenvalue weighted by Gasteiger charge is -2.31. The van der Waals surface area contributed by atoms with Crippen LogP contribution in [-0.2, 0) is 4.79 Å². The monoisotopic (exact) mass is 202 g/mol. The third-order valence-corrected chi connectivity index (χ3v) is 4.70. The van der Waals surface area contributed by atoms with Gasteiger partial charge >= 0.3 is 5.97 Å². The molecule has 1 N–H and O–H groups in total. The number of hydrogen-bond donors (Lipinski definition) is 1. The Hall–Kier alpha value is -0.313. The van der Waals surface area contributed by atoms with Crippen molar-refractivity contribution >= 4 is 14.0 Å². The van der Waals surface area contributed by atoms with Crippen molar-refractivity contribution in [3.8, 4) is 0 Å². The van der Waals surface area contributed by atoms with Crippen LogP contribution in [0.2, 0.25) is 25.2 Å². The lowest BCUT2D eigenvalue weighted by atomic mass is 9.90. The smallest absolute Gasteiger partial charge is 0.303 e. The van der Waals surface area contributed by atoms with E-state index in [0.29, 0.717) is 0 Å². The van der Waals surface area contributed by atoms with E-state index in [0.717, 1.165) is 6.42 Å². The van der Waals surface area contributed by atoms with Gasteiger partial charge in [0, 0.05) is 0 Å². The van der Waals surface area contributed by atoms with E-state index in [1.807, 2.05) is 0 Å². The third-order valence-electron chi connectivity index (χ3n) is 2.16. The number of carboxylic acids is 1. The second kappa shape index (κ2) is 3.82. The van der Waals surface area contributed by atoms with E-state index in [1.165, 1.54) is 0 Å². The van der Waals surface area contributed by atoms with Gasteiger partial charge in [-0.15, -0.1) is 0 Å². The summed E-state index contributed by atoms with van der Waals surface area (Å²) >= 11 is 0. The van der Waals surface area contributed by atoms with Gasteiger partial charge in [0.15, 0.2) is 0 Å². The Morgan fingerprint density at radius 3 is 1.77 bits per heavy atom. The van der Waals surface area contributed by atoms with Gasteiger partial charge in [0.05, 0.1) is 13.6 Å². The standard InChI is InChI=1S/C10H22O2Si/c1-10(2,3)7-8(9(11)12)13(4,5)6/h8H,7H2,1-6H3,(H,11,12)/t8-/m1/s1. The van der Waals surface area contributed by atoms with E-state index in [9.17, 15) is 4.79 Å². The Labute approximate surface area is 82.4 Å². The predicted octanol–water partition coefficient (Wildman–Crippen LogP) is 3.22. The lowest BCUT2D eigenvalue weighted by Crippen LogP contribution is -2.36. The molecule has 1 atom stereocenters. The van der Waals surface area contributed by atoms with E-state index in [2.05, 4.69) is 40.4 Å². The Morgan fingerprint density at radius 1 is 1.31 bits per heavy atom. The number of aliphatic carboxylic acids is 1. The highest BCUT2D eigenvalue weighted by atomic mass is 28.3. The van der Waals surface area contributed by atoms with Crippen LogP contribution in [0, 0.1) is 5.41 Å². The van der Waals surface area contributed by atoms with E-state index in [4.69, 9.17) is 5.11 Å². The van der Waals surface area contributed by atoms with Crippen molar-refractivity contribution in [3.05, 3.63) is 0 Å². The molecule has 0 heterocycles. The van der Waals surface area contributed by atoms with Crippen molar-refractivity contribution in [1.82, 2.24) is 0 Å². The summed E-state index contributed by atoms with van der Waals surface area (Å²) in [5.41, 5.74) is -0.00363. The summed E-state index contributed by atoms with van der Waals surface area (Å²) in [5, 5.41) is 9.11. The summed E-state index contributed by atoms with van der Waals surface area (Å²) in [5.74, 6) is -0.617. The minimum absolute atomic E-state index is 0.114. The molecule has 0 aromatic rings. The SMILES string of the molecule is CC(C)(C)C[C@H](C(=O)O)[Si](C)(C)C. The van der Waals surface area contributed by atoms with Gasteiger partial charge in [0.1, 0.15) is 0 Å². The maximum Gasteiger partial charge on any atom is 0.303 e. The van der Waals surface area contributed by atoms with Crippen LogP contribution in [0.3, 0.4) is 0 Å². The first kappa shape index (κ1) is 12.7. The van der Waals surface area contributed by atoms with Crippen LogP contribution in [0.1, 0.15) is 27.2 Å². The maximum absolute atomic E-state index is 11.1. The molecule has 13 heavy (non-hydrogen) atoms. The van der Waals surface area contributed by atoms with Gasteiger partial charge in [-0.25, -0.2) is 0 Å². The Morgan fingerprint density at radius 2 is 1.69 bits per heavy atom. The second-order valence-electron chi connectivity index (χ2n) is 6.02. The zero-order valence-electron chi connectivity index (χ0n) is 9.64. The summed E-state index contributed by atoms with van der Waals surface area (Å²) < 4.78 is 0. The molecule has 0 radical (unpaired) electrons. The van der Waals surface area contributed by atoms with Crippen LogP contribution in [0.4, 0.5) is 0 Å². The molecule has 0 spiro atoms. The number of hydrogen-bond acceptors (Lipinski definition) is 1. The molecule has 0 aliphatic rings. The summed E-state index contributed by atoms with van der Waals surface area (Å²) in [6.45, 7) is 12.7. The fourth-order valence-electron chi connectivity index (χ4n) is 1.38. The van der Waals surface area contributed by atoms with Crippen molar-refractivity contribution < 1.29 is 9.90 Å². The number of carboxylic acid groups (broad SMARTS) is 1. The molecule has 0 rings (SSSR count). The van der Waals surface area contributed by atoms with Gasteiger partial charge in [0.2, 0.25) is 0 Å². The van der Waals surface area contributed by atoms with E-state index in [1.54, 1.807) is 0 Å². The zero-order valence-corrected chi connectivity index (χ0v) is 10.6. The summed E-state index contributed by atoms with van der Waals surface area (Å²) in [6, 6.07) is 0. The Kier molecular flexibility index (Phi) is 3.73. The minimum atomic E-state index is -1.56. The molecule has 0 aromatic carbocycles. The largest absolute Gasteiger partial charge is 0.481 e. The topological polar surface area (TPSA) is 37.3 Å². The summed E-state index contributed by atoms with van der Waals surface area (Å²) in [6.07, 6.45) is 0.790. The molecule has 0 saturated carbocycles. The van der Waals surface area contributed by atoms with Gasteiger partial charge in [-0.05, 0) is 11.8 Å². The zero-order chi connectivity index (χ0) is 10.9. The molecular formula is C10H22O2Si. The van der Waals surface area contributed by atoms with Crippen molar-refractivity contribution in [1.29, 1.82) is 0 Å². The quantitative estimate of drug-likeness (QED) is 0.713. The maximum atomic E-state index is 11.1. The highest BCUT2D eigenvalue weighted by Crippen LogP contribution is 2.34. The van der Waals surface area contributed by atoms with Crippen molar-refractivity contribution in [2.45, 2.75) is 52.4 Å². The molecule has 0 aromatic heterocycles. The molecule has 0 unspecified atom stereocenters. The molecule has 78 valence electrons. The molecule has 0 bridgehead atoms. The average molecular weight is 202 g/mol. The summed E-state index contributed by atoms with van der Waals surface area (Å²) in [4.78, 5) is 11.1. The molecule has 0 saturated heterocycles. The van der Waals surface area contributed by atoms with Crippen LogP contribution in [0.5, 0.6) is 0 Å². The molecule has 3 heteroatoms. The highest BCUT2D eigenvalue weighted by molar-refractivity contribution is 6.80. The Bertz CT molecular complexity index is 186. The van der Waals surface area contributed by atoms with E-state index >= 15 is 0 Å². The first-order valence-electron chi connectivity index (χ1n) is 4.77. The fraction of sp³-hybridized carbons (Fsp3) is 0.900. The van der Waals surface area contributed by atoms with Crippen molar-refractivity contribution in [3.63, 3.8) is 0 Å². The van der Waals surface area contributed by atoms with Crippen LogP contribution < -0.4 is 0 Å². The average Bonchev–Trinajstić information content (AvgIpc) is 1.77. The lowest BCUT2D eigenvalue weighted by molar-refractivity contribution is -0.137. The first-order valence-corrected chi connectivity index (χ1v) is 8.34. The number of carbonyl (C=O) groups is 1. The third kappa shape index (κ3) is 5.08. The molecule has 0 fully saturated rings. The van der Waals surface area contributed by atoms with Crippen molar-refractivity contribution in [2.75, 3.05) is 0 Å². The van der Waals surface area contributed by atoms with Gasteiger partial charge in [0.25, 0.3) is 0 Å². The van der Waals surface area contributed by atoms with E-state index in [-0.39, 0.29) is 11.0 Å². The number of rotatable bonds is 3. The van der Waals surface area contributed by atoms with Gasteiger partial charge in [-0.3, -0.25) is 4.79 Å². The molecule has 0 amide bonds. The second-order valence-corrected chi connectivity index (χ2v) is 11.5. The van der Waals surface area contributed by atoms with Crippen molar-refractivity contribution in [2.24, 2.45) is 5.41 Å². The molecule has 0 aliphatic heterocycles. The van der Waals surface area contributed by atoms with Gasteiger partial charge in [-0.2, -0.15) is 0 Å². The summed E-state index contributed by atoms with van der Waals surface area (Å²) in [7, 11) is -1.56. The highest BCUT2D eigenvalue weighted by Gasteiger charge is 2.35. The van der Waals surface area contributed by atoms with Gasteiger partial charge < -0.3 is 5.11 Å². The molecule has 2 nitrogen and oxygen atoms in total. The van der Waals surface area contributed by atoms with Gasteiger partial charge in [-0.1, -0.05) is 40.4 Å². The molecular weight excluding hydrogens is 180 g/mol. The first-order chi connectivity index (χ1) is 5.54. The van der Waals surface area contributed by atoms with Crippen LogP contribution in [0.15, 0.2) is 0 Å². The van der Waals surface area contributed by atoms with Crippen LogP contribution in [-0.4, -0.2) is 19.1 Å². The van der Waals surface area contributed by atoms with Crippen LogP contribution in [0.25, 0.3) is 0 Å². The van der Waals surface area contributed by atoms with E-state index < -0.39 is 14.0 Å². The molecule has 0 aliphatic carbocycles. The minimum Gasteiger partial charge on any atom is -0.481 e.